The summed E-state index contributed by atoms with van der Waals surface area (Å²) in [7, 11) is 1.94. The Morgan fingerprint density at radius 2 is 2.05 bits per heavy atom. The molecule has 0 aliphatic carbocycles. The van der Waals surface area contributed by atoms with Crippen LogP contribution in [0.1, 0.15) is 31.1 Å². The molecule has 1 atom stereocenters. The second kappa shape index (κ2) is 7.10. The molecule has 0 amide bonds. The summed E-state index contributed by atoms with van der Waals surface area (Å²) in [6, 6.07) is 10.5. The smallest absolute Gasteiger partial charge is 0.124 e. The minimum atomic E-state index is 0.220. The van der Waals surface area contributed by atoms with Crippen LogP contribution in [0, 0.1) is 0 Å². The third kappa shape index (κ3) is 3.61. The van der Waals surface area contributed by atoms with E-state index in [4.69, 9.17) is 4.74 Å². The van der Waals surface area contributed by atoms with E-state index >= 15 is 0 Å². The highest BCUT2D eigenvalue weighted by Crippen LogP contribution is 2.27. The van der Waals surface area contributed by atoms with Gasteiger partial charge < -0.3 is 10.1 Å². The summed E-state index contributed by atoms with van der Waals surface area (Å²) >= 11 is 0. The molecule has 0 bridgehead atoms. The fraction of sp³-hybridized carbons (Fsp3) is 0.438. The molecule has 0 fully saturated rings. The number of ether oxygens (including phenoxy) is 1. The quantitative estimate of drug-likeness (QED) is 0.843. The lowest BCUT2D eigenvalue weighted by Gasteiger charge is -2.20. The molecule has 1 N–H and O–H groups in total. The molecule has 0 spiro atoms. The van der Waals surface area contributed by atoms with E-state index in [9.17, 15) is 0 Å². The van der Waals surface area contributed by atoms with Crippen LogP contribution in [0.3, 0.4) is 0 Å². The van der Waals surface area contributed by atoms with Crippen LogP contribution in [-0.2, 0) is 13.5 Å². The minimum absolute atomic E-state index is 0.220. The third-order valence-corrected chi connectivity index (χ3v) is 3.23. The molecule has 0 aliphatic heterocycles. The second-order valence-electron chi connectivity index (χ2n) is 4.77. The van der Waals surface area contributed by atoms with Crippen LogP contribution in [0.15, 0.2) is 36.5 Å². The van der Waals surface area contributed by atoms with Gasteiger partial charge in [-0.25, -0.2) is 0 Å². The maximum absolute atomic E-state index is 5.74. The van der Waals surface area contributed by atoms with Crippen molar-refractivity contribution in [1.29, 1.82) is 0 Å². The lowest BCUT2D eigenvalue weighted by atomic mass is 10.0. The zero-order chi connectivity index (χ0) is 14.4. The fourth-order valence-corrected chi connectivity index (χ4v) is 2.38. The van der Waals surface area contributed by atoms with E-state index in [1.807, 2.05) is 37.0 Å². The summed E-state index contributed by atoms with van der Waals surface area (Å²) in [5.74, 6) is 0.955. The van der Waals surface area contributed by atoms with Gasteiger partial charge in [-0.15, -0.1) is 0 Å². The number of hydrogen-bond donors (Lipinski definition) is 1. The summed E-state index contributed by atoms with van der Waals surface area (Å²) < 4.78 is 7.58. The van der Waals surface area contributed by atoms with Crippen molar-refractivity contribution in [2.75, 3.05) is 13.2 Å². The van der Waals surface area contributed by atoms with E-state index in [0.29, 0.717) is 6.61 Å². The first-order valence-electron chi connectivity index (χ1n) is 7.18. The van der Waals surface area contributed by atoms with Crippen LogP contribution >= 0.6 is 0 Å². The van der Waals surface area contributed by atoms with E-state index in [2.05, 4.69) is 35.5 Å². The lowest BCUT2D eigenvalue weighted by Crippen LogP contribution is -2.23. The summed E-state index contributed by atoms with van der Waals surface area (Å²) in [5.41, 5.74) is 2.28. The normalized spacial score (nSPS) is 12.3. The number of rotatable bonds is 7. The van der Waals surface area contributed by atoms with Crippen molar-refractivity contribution in [2.24, 2.45) is 7.05 Å². The molecule has 2 aromatic rings. The highest BCUT2D eigenvalue weighted by molar-refractivity contribution is 5.36. The molecule has 4 heteroatoms. The molecule has 1 aromatic heterocycles. The number of aromatic nitrogens is 2. The Bertz CT molecular complexity index is 536. The van der Waals surface area contributed by atoms with Crippen LogP contribution < -0.4 is 10.1 Å². The molecule has 2 rings (SSSR count). The Kier molecular flexibility index (Phi) is 5.18. The first-order chi connectivity index (χ1) is 9.74. The largest absolute Gasteiger partial charge is 0.494 e. The van der Waals surface area contributed by atoms with Gasteiger partial charge in [-0.05, 0) is 25.6 Å². The van der Waals surface area contributed by atoms with E-state index in [-0.39, 0.29) is 6.04 Å². The van der Waals surface area contributed by atoms with Crippen LogP contribution in [0.2, 0.25) is 0 Å². The Morgan fingerprint density at radius 1 is 1.25 bits per heavy atom. The number of nitrogens with one attached hydrogen (secondary N) is 1. The molecular weight excluding hydrogens is 250 g/mol. The lowest BCUT2D eigenvalue weighted by molar-refractivity contribution is 0.331. The van der Waals surface area contributed by atoms with E-state index in [1.165, 1.54) is 5.56 Å². The second-order valence-corrected chi connectivity index (χ2v) is 4.77. The molecule has 4 nitrogen and oxygen atoms in total. The average Bonchev–Trinajstić information content (AvgIpc) is 2.85. The van der Waals surface area contributed by atoms with Crippen molar-refractivity contribution in [1.82, 2.24) is 15.1 Å². The predicted molar refractivity (Wildman–Crippen MR) is 80.9 cm³/mol. The topological polar surface area (TPSA) is 39.1 Å². The maximum atomic E-state index is 5.74. The van der Waals surface area contributed by atoms with E-state index in [1.54, 1.807) is 0 Å². The molecular formula is C16H23N3O. The first-order valence-corrected chi connectivity index (χ1v) is 7.18. The molecule has 1 heterocycles. The zero-order valence-corrected chi connectivity index (χ0v) is 12.5. The fourth-order valence-electron chi connectivity index (χ4n) is 2.38. The van der Waals surface area contributed by atoms with E-state index < -0.39 is 0 Å². The van der Waals surface area contributed by atoms with Gasteiger partial charge in [0, 0.05) is 31.3 Å². The number of para-hydroxylation sites is 1. The monoisotopic (exact) mass is 273 g/mol. The average molecular weight is 273 g/mol. The molecule has 20 heavy (non-hydrogen) atoms. The number of nitrogens with zero attached hydrogens (tertiary/aromatic N) is 2. The van der Waals surface area contributed by atoms with Crippen LogP contribution in [0.5, 0.6) is 5.75 Å². The molecule has 1 aromatic carbocycles. The molecule has 108 valence electrons. The summed E-state index contributed by atoms with van der Waals surface area (Å²) in [4.78, 5) is 0. The van der Waals surface area contributed by atoms with Gasteiger partial charge in [0.15, 0.2) is 0 Å². The van der Waals surface area contributed by atoms with Crippen molar-refractivity contribution in [2.45, 2.75) is 26.3 Å². The molecule has 0 aliphatic rings. The van der Waals surface area contributed by atoms with Gasteiger partial charge in [0.1, 0.15) is 5.75 Å². The Labute approximate surface area is 120 Å². The number of likely N-dealkylation sites (N-methyl/N-ethyl adjacent to an activating group) is 1. The summed E-state index contributed by atoms with van der Waals surface area (Å²) in [6.07, 6.45) is 2.84. The molecule has 1 unspecified atom stereocenters. The predicted octanol–water partition coefficient (Wildman–Crippen LogP) is 2.71. The van der Waals surface area contributed by atoms with Crippen molar-refractivity contribution in [3.63, 3.8) is 0 Å². The number of benzene rings is 1. The Morgan fingerprint density at radius 3 is 2.70 bits per heavy atom. The van der Waals surface area contributed by atoms with Crippen LogP contribution in [-0.4, -0.2) is 22.9 Å². The maximum Gasteiger partial charge on any atom is 0.124 e. The van der Waals surface area contributed by atoms with Crippen LogP contribution in [0.25, 0.3) is 0 Å². The highest BCUT2D eigenvalue weighted by Gasteiger charge is 2.16. The minimum Gasteiger partial charge on any atom is -0.494 e. The third-order valence-electron chi connectivity index (χ3n) is 3.23. The molecule has 0 saturated carbocycles. The number of aryl methyl sites for hydroxylation is 1. The van der Waals surface area contributed by atoms with Gasteiger partial charge in [0.25, 0.3) is 0 Å². The van der Waals surface area contributed by atoms with E-state index in [0.717, 1.165) is 24.4 Å². The molecule has 0 saturated heterocycles. The van der Waals surface area contributed by atoms with Gasteiger partial charge in [-0.3, -0.25) is 4.68 Å². The van der Waals surface area contributed by atoms with Crippen LogP contribution in [0.4, 0.5) is 0 Å². The Hall–Kier alpha value is -1.81. The van der Waals surface area contributed by atoms with Crippen molar-refractivity contribution in [3.05, 3.63) is 47.8 Å². The van der Waals surface area contributed by atoms with Crippen molar-refractivity contribution < 1.29 is 4.74 Å². The number of hydrogen-bond acceptors (Lipinski definition) is 3. The van der Waals surface area contributed by atoms with Gasteiger partial charge in [-0.2, -0.15) is 5.10 Å². The van der Waals surface area contributed by atoms with Crippen molar-refractivity contribution >= 4 is 0 Å². The van der Waals surface area contributed by atoms with Crippen molar-refractivity contribution in [3.8, 4) is 5.75 Å². The summed E-state index contributed by atoms with van der Waals surface area (Å²) in [6.45, 7) is 5.73. The highest BCUT2D eigenvalue weighted by atomic mass is 16.5. The Balaban J connectivity index is 2.23. The standard InChI is InChI=1S/C16H23N3O/c1-4-17-15(12-13-10-11-19(3)18-13)14-8-6-7-9-16(14)20-5-2/h6-11,15,17H,4-5,12H2,1-3H3. The van der Waals surface area contributed by atoms with Gasteiger partial charge in [-0.1, -0.05) is 25.1 Å². The molecule has 0 radical (unpaired) electrons. The van der Waals surface area contributed by atoms with Gasteiger partial charge >= 0.3 is 0 Å². The van der Waals surface area contributed by atoms with Gasteiger partial charge in [0.2, 0.25) is 0 Å². The first kappa shape index (κ1) is 14.6. The SMILES string of the molecule is CCNC(Cc1ccn(C)n1)c1ccccc1OCC. The van der Waals surface area contributed by atoms with Gasteiger partial charge in [0.05, 0.1) is 12.3 Å². The zero-order valence-electron chi connectivity index (χ0n) is 12.5. The summed E-state index contributed by atoms with van der Waals surface area (Å²) in [5, 5.41) is 8.00.